The van der Waals surface area contributed by atoms with Gasteiger partial charge in [-0.25, -0.2) is 0 Å². The molecule has 98 valence electrons. The van der Waals surface area contributed by atoms with E-state index in [0.29, 0.717) is 12.1 Å². The van der Waals surface area contributed by atoms with E-state index in [4.69, 9.17) is 0 Å². The van der Waals surface area contributed by atoms with E-state index in [1.165, 1.54) is 0 Å². The van der Waals surface area contributed by atoms with Crippen LogP contribution >= 0.6 is 0 Å². The lowest BCUT2D eigenvalue weighted by molar-refractivity contribution is 0.0959. The molecule has 2 rings (SSSR count). The van der Waals surface area contributed by atoms with Crippen molar-refractivity contribution >= 4 is 16.8 Å². The Morgan fingerprint density at radius 2 is 2.05 bits per heavy atom. The molecule has 0 aliphatic rings. The molecule has 1 aromatic carbocycles. The maximum atomic E-state index is 12.2. The van der Waals surface area contributed by atoms with Gasteiger partial charge in [-0.05, 0) is 38.5 Å². The van der Waals surface area contributed by atoms with Crippen LogP contribution in [0.15, 0.2) is 30.9 Å². The zero-order valence-electron chi connectivity index (χ0n) is 11.6. The van der Waals surface area contributed by atoms with Crippen molar-refractivity contribution in [2.75, 3.05) is 6.54 Å². The first-order chi connectivity index (χ1) is 9.02. The summed E-state index contributed by atoms with van der Waals surface area (Å²) < 4.78 is 0. The van der Waals surface area contributed by atoms with Gasteiger partial charge < -0.3 is 5.32 Å². The monoisotopic (exact) mass is 254 g/mol. The predicted molar refractivity (Wildman–Crippen MR) is 78.5 cm³/mol. The van der Waals surface area contributed by atoms with Crippen molar-refractivity contribution in [3.05, 3.63) is 53.2 Å². The van der Waals surface area contributed by atoms with E-state index < -0.39 is 0 Å². The molecule has 1 amide bonds. The number of hydrogen-bond acceptors (Lipinski definition) is 2. The minimum atomic E-state index is -0.0830. The van der Waals surface area contributed by atoms with Crippen molar-refractivity contribution in [1.29, 1.82) is 0 Å². The molecular weight excluding hydrogens is 236 g/mol. The topological polar surface area (TPSA) is 42.0 Å². The Balaban J connectivity index is 2.65. The third kappa shape index (κ3) is 2.65. The predicted octanol–water partition coefficient (Wildman–Crippen LogP) is 3.08. The van der Waals surface area contributed by atoms with Crippen LogP contribution in [0.2, 0.25) is 0 Å². The summed E-state index contributed by atoms with van der Waals surface area (Å²) in [5.74, 6) is -0.0830. The van der Waals surface area contributed by atoms with E-state index in [2.05, 4.69) is 22.9 Å². The van der Waals surface area contributed by atoms with Crippen molar-refractivity contribution in [2.24, 2.45) is 0 Å². The lowest BCUT2D eigenvalue weighted by Crippen LogP contribution is -2.23. The standard InChI is InChI=1S/C16H18N2O/c1-5-6-17-16(19)14-9-12(4)18-15-11(3)7-10(2)8-13(14)15/h5,7-9H,1,6H2,2-4H3,(H,17,19). The molecule has 0 saturated heterocycles. The van der Waals surface area contributed by atoms with Gasteiger partial charge in [-0.15, -0.1) is 6.58 Å². The van der Waals surface area contributed by atoms with Crippen LogP contribution in [0.5, 0.6) is 0 Å². The molecule has 19 heavy (non-hydrogen) atoms. The number of fused-ring (bicyclic) bond motifs is 1. The summed E-state index contributed by atoms with van der Waals surface area (Å²) in [4.78, 5) is 16.7. The van der Waals surface area contributed by atoms with Crippen LogP contribution in [0, 0.1) is 20.8 Å². The quantitative estimate of drug-likeness (QED) is 0.855. The van der Waals surface area contributed by atoms with Crippen molar-refractivity contribution in [2.45, 2.75) is 20.8 Å². The van der Waals surface area contributed by atoms with Crippen LogP contribution in [0.3, 0.4) is 0 Å². The summed E-state index contributed by atoms with van der Waals surface area (Å²) in [5, 5.41) is 3.73. The second-order valence-corrected chi connectivity index (χ2v) is 4.79. The fourth-order valence-corrected chi connectivity index (χ4v) is 2.26. The van der Waals surface area contributed by atoms with Gasteiger partial charge in [-0.3, -0.25) is 9.78 Å². The Labute approximate surface area is 113 Å². The molecule has 0 saturated carbocycles. The molecule has 0 unspecified atom stereocenters. The van der Waals surface area contributed by atoms with Gasteiger partial charge in [0.25, 0.3) is 5.91 Å². The number of hydrogen-bond donors (Lipinski definition) is 1. The third-order valence-corrected chi connectivity index (χ3v) is 3.03. The van der Waals surface area contributed by atoms with Crippen molar-refractivity contribution in [3.8, 4) is 0 Å². The number of nitrogens with zero attached hydrogens (tertiary/aromatic N) is 1. The number of benzene rings is 1. The van der Waals surface area contributed by atoms with Crippen molar-refractivity contribution in [3.63, 3.8) is 0 Å². The molecule has 1 aromatic heterocycles. The average Bonchev–Trinajstić information content (AvgIpc) is 2.36. The van der Waals surface area contributed by atoms with E-state index in [0.717, 1.165) is 27.7 Å². The zero-order valence-corrected chi connectivity index (χ0v) is 11.6. The minimum absolute atomic E-state index is 0.0830. The van der Waals surface area contributed by atoms with Gasteiger partial charge in [0.2, 0.25) is 0 Å². The number of carbonyl (C=O) groups excluding carboxylic acids is 1. The fraction of sp³-hybridized carbons (Fsp3) is 0.250. The van der Waals surface area contributed by atoms with E-state index in [-0.39, 0.29) is 5.91 Å². The van der Waals surface area contributed by atoms with E-state index in [1.807, 2.05) is 32.9 Å². The molecule has 3 nitrogen and oxygen atoms in total. The van der Waals surface area contributed by atoms with Gasteiger partial charge in [-0.2, -0.15) is 0 Å². The lowest BCUT2D eigenvalue weighted by atomic mass is 10.0. The number of aryl methyl sites for hydroxylation is 3. The van der Waals surface area contributed by atoms with Gasteiger partial charge in [0.1, 0.15) is 0 Å². The molecule has 0 aliphatic heterocycles. The smallest absolute Gasteiger partial charge is 0.252 e. The van der Waals surface area contributed by atoms with Gasteiger partial charge in [0.15, 0.2) is 0 Å². The molecule has 0 atom stereocenters. The zero-order chi connectivity index (χ0) is 14.0. The molecular formula is C16H18N2O. The Bertz CT molecular complexity index is 659. The number of pyridine rings is 1. The maximum Gasteiger partial charge on any atom is 0.252 e. The van der Waals surface area contributed by atoms with E-state index >= 15 is 0 Å². The van der Waals surface area contributed by atoms with E-state index in [1.54, 1.807) is 6.08 Å². The molecule has 0 aliphatic carbocycles. The average molecular weight is 254 g/mol. The normalized spacial score (nSPS) is 10.5. The molecule has 2 aromatic rings. The molecule has 3 heteroatoms. The van der Waals surface area contributed by atoms with Crippen LogP contribution in [-0.2, 0) is 0 Å². The highest BCUT2D eigenvalue weighted by Crippen LogP contribution is 2.23. The summed E-state index contributed by atoms with van der Waals surface area (Å²) >= 11 is 0. The highest BCUT2D eigenvalue weighted by atomic mass is 16.1. The SMILES string of the molecule is C=CCNC(=O)c1cc(C)nc2c(C)cc(C)cc12. The van der Waals surface area contributed by atoms with Gasteiger partial charge in [-0.1, -0.05) is 17.7 Å². The number of carbonyl (C=O) groups is 1. The molecule has 1 N–H and O–H groups in total. The maximum absolute atomic E-state index is 12.2. The van der Waals surface area contributed by atoms with Crippen molar-refractivity contribution in [1.82, 2.24) is 10.3 Å². The highest BCUT2D eigenvalue weighted by Gasteiger charge is 2.13. The first-order valence-corrected chi connectivity index (χ1v) is 6.30. The summed E-state index contributed by atoms with van der Waals surface area (Å²) in [6.07, 6.45) is 1.67. The molecule has 0 spiro atoms. The van der Waals surface area contributed by atoms with Gasteiger partial charge in [0.05, 0.1) is 11.1 Å². The second kappa shape index (κ2) is 5.22. The first-order valence-electron chi connectivity index (χ1n) is 6.30. The lowest BCUT2D eigenvalue weighted by Gasteiger charge is -2.10. The van der Waals surface area contributed by atoms with Gasteiger partial charge in [0, 0.05) is 17.6 Å². The number of rotatable bonds is 3. The molecule has 1 heterocycles. The van der Waals surface area contributed by atoms with Crippen LogP contribution < -0.4 is 5.32 Å². The number of aromatic nitrogens is 1. The Morgan fingerprint density at radius 3 is 2.74 bits per heavy atom. The Hall–Kier alpha value is -2.16. The number of amides is 1. The summed E-state index contributed by atoms with van der Waals surface area (Å²) in [6.45, 7) is 10.0. The largest absolute Gasteiger partial charge is 0.349 e. The molecule has 0 radical (unpaired) electrons. The first kappa shape index (κ1) is 13.3. The second-order valence-electron chi connectivity index (χ2n) is 4.79. The summed E-state index contributed by atoms with van der Waals surface area (Å²) in [6, 6.07) is 5.93. The van der Waals surface area contributed by atoms with Crippen LogP contribution in [0.1, 0.15) is 27.2 Å². The Kier molecular flexibility index (Phi) is 3.65. The molecule has 0 fully saturated rings. The van der Waals surface area contributed by atoms with Crippen LogP contribution in [0.25, 0.3) is 10.9 Å². The van der Waals surface area contributed by atoms with Crippen LogP contribution in [0.4, 0.5) is 0 Å². The molecule has 0 bridgehead atoms. The summed E-state index contributed by atoms with van der Waals surface area (Å²) in [5.41, 5.74) is 4.65. The van der Waals surface area contributed by atoms with E-state index in [9.17, 15) is 4.79 Å². The van der Waals surface area contributed by atoms with Crippen LogP contribution in [-0.4, -0.2) is 17.4 Å². The highest BCUT2D eigenvalue weighted by molar-refractivity contribution is 6.07. The summed E-state index contributed by atoms with van der Waals surface area (Å²) in [7, 11) is 0. The fourth-order valence-electron chi connectivity index (χ4n) is 2.26. The van der Waals surface area contributed by atoms with Crippen molar-refractivity contribution < 1.29 is 4.79 Å². The number of nitrogens with one attached hydrogen (secondary N) is 1. The Morgan fingerprint density at radius 1 is 1.32 bits per heavy atom. The third-order valence-electron chi connectivity index (χ3n) is 3.03. The minimum Gasteiger partial charge on any atom is -0.349 e. The van der Waals surface area contributed by atoms with Gasteiger partial charge >= 0.3 is 0 Å².